The van der Waals surface area contributed by atoms with Gasteiger partial charge in [0.2, 0.25) is 5.91 Å². The molecule has 1 rings (SSSR count). The van der Waals surface area contributed by atoms with Crippen LogP contribution in [0.5, 0.6) is 0 Å². The minimum atomic E-state index is -0.532. The van der Waals surface area contributed by atoms with Gasteiger partial charge in [0, 0.05) is 10.7 Å². The predicted octanol–water partition coefficient (Wildman–Crippen LogP) is 2.73. The highest BCUT2D eigenvalue weighted by atomic mass is 35.5. The Morgan fingerprint density at radius 2 is 2.05 bits per heavy atom. The second-order valence-corrected chi connectivity index (χ2v) is 4.91. The fraction of sp³-hybridized carbons (Fsp3) is 0.231. The molecule has 0 atom stereocenters. The first-order valence-corrected chi connectivity index (χ1v) is 6.62. The lowest BCUT2D eigenvalue weighted by Crippen LogP contribution is -2.21. The van der Waals surface area contributed by atoms with E-state index in [1.165, 1.54) is 6.07 Å². The maximum atomic E-state index is 11.8. The van der Waals surface area contributed by atoms with Gasteiger partial charge in [-0.2, -0.15) is 10.4 Å². The molecule has 1 aromatic rings. The largest absolute Gasteiger partial charge is 0.324 e. The van der Waals surface area contributed by atoms with E-state index in [-0.39, 0.29) is 18.7 Å². The number of hydrazone groups is 1. The number of carbonyl (C=O) groups excluding carboxylic acids is 2. The molecule has 2 amide bonds. The van der Waals surface area contributed by atoms with Crippen molar-refractivity contribution in [1.82, 2.24) is 5.43 Å². The Morgan fingerprint density at radius 1 is 1.33 bits per heavy atom. The molecule has 110 valence electrons. The van der Waals surface area contributed by atoms with Crippen molar-refractivity contribution in [3.63, 3.8) is 0 Å². The van der Waals surface area contributed by atoms with Gasteiger partial charge in [-0.3, -0.25) is 9.59 Å². The zero-order chi connectivity index (χ0) is 15.8. The first kappa shape index (κ1) is 17.0. The number of nitrogens with zero attached hydrogens (tertiary/aromatic N) is 2. The summed E-state index contributed by atoms with van der Waals surface area (Å²) >= 11 is 11.7. The summed E-state index contributed by atoms with van der Waals surface area (Å²) in [6, 6.07) is 6.40. The fourth-order valence-corrected chi connectivity index (χ4v) is 1.67. The molecule has 0 fully saturated rings. The molecule has 6 nitrogen and oxygen atoms in total. The van der Waals surface area contributed by atoms with Crippen molar-refractivity contribution in [3.8, 4) is 6.07 Å². The molecule has 0 aromatic heterocycles. The number of hydrogen-bond acceptors (Lipinski definition) is 4. The maximum absolute atomic E-state index is 11.8. The van der Waals surface area contributed by atoms with Crippen molar-refractivity contribution < 1.29 is 9.59 Å². The van der Waals surface area contributed by atoms with E-state index < -0.39 is 5.91 Å². The van der Waals surface area contributed by atoms with Gasteiger partial charge in [-0.05, 0) is 25.1 Å². The number of amides is 2. The van der Waals surface area contributed by atoms with Crippen molar-refractivity contribution in [2.45, 2.75) is 19.8 Å². The van der Waals surface area contributed by atoms with Gasteiger partial charge in [0.05, 0.1) is 23.2 Å². The highest BCUT2D eigenvalue weighted by Crippen LogP contribution is 2.25. The first-order valence-electron chi connectivity index (χ1n) is 5.86. The molecule has 8 heteroatoms. The maximum Gasteiger partial charge on any atom is 0.254 e. The van der Waals surface area contributed by atoms with Gasteiger partial charge in [0.1, 0.15) is 6.42 Å². The van der Waals surface area contributed by atoms with Crippen LogP contribution in [-0.4, -0.2) is 17.5 Å². The summed E-state index contributed by atoms with van der Waals surface area (Å²) < 4.78 is 0. The standard InChI is InChI=1S/C13H12Cl2N4O2/c1-8(18-19-12(20)4-5-16)6-13(21)17-11-7-9(14)2-3-10(11)15/h2-3,7H,4,6H2,1H3,(H,17,21)(H,19,20)/b18-8+. The third-order valence-corrected chi connectivity index (χ3v) is 2.79. The SMILES string of the molecule is C/C(CC(=O)Nc1cc(Cl)ccc1Cl)=N\NC(=O)CC#N. The van der Waals surface area contributed by atoms with E-state index in [0.29, 0.717) is 21.4 Å². The Kier molecular flexibility index (Phi) is 6.66. The number of nitriles is 1. The van der Waals surface area contributed by atoms with Gasteiger partial charge in [0.15, 0.2) is 0 Å². The smallest absolute Gasteiger partial charge is 0.254 e. The van der Waals surface area contributed by atoms with Gasteiger partial charge >= 0.3 is 0 Å². The van der Waals surface area contributed by atoms with Crippen LogP contribution in [0.4, 0.5) is 5.69 Å². The normalized spacial score (nSPS) is 10.7. The predicted molar refractivity (Wildman–Crippen MR) is 81.2 cm³/mol. The molecular formula is C13H12Cl2N4O2. The van der Waals surface area contributed by atoms with E-state index in [9.17, 15) is 9.59 Å². The van der Waals surface area contributed by atoms with E-state index in [1.54, 1.807) is 25.1 Å². The van der Waals surface area contributed by atoms with Crippen LogP contribution in [0.25, 0.3) is 0 Å². The van der Waals surface area contributed by atoms with E-state index >= 15 is 0 Å². The van der Waals surface area contributed by atoms with E-state index in [1.807, 2.05) is 0 Å². The monoisotopic (exact) mass is 326 g/mol. The van der Waals surface area contributed by atoms with Crippen LogP contribution in [0.1, 0.15) is 19.8 Å². The quantitative estimate of drug-likeness (QED) is 0.643. The third-order valence-electron chi connectivity index (χ3n) is 2.23. The lowest BCUT2D eigenvalue weighted by Gasteiger charge is -2.07. The highest BCUT2D eigenvalue weighted by Gasteiger charge is 2.08. The Bertz CT molecular complexity index is 623. The summed E-state index contributed by atoms with van der Waals surface area (Å²) in [6.45, 7) is 1.58. The van der Waals surface area contributed by atoms with Crippen molar-refractivity contribution in [2.75, 3.05) is 5.32 Å². The van der Waals surface area contributed by atoms with Crippen LogP contribution >= 0.6 is 23.2 Å². The summed E-state index contributed by atoms with van der Waals surface area (Å²) in [5.74, 6) is -0.884. The molecule has 0 saturated heterocycles. The summed E-state index contributed by atoms with van der Waals surface area (Å²) in [4.78, 5) is 22.8. The number of carbonyl (C=O) groups is 2. The number of anilines is 1. The van der Waals surface area contributed by atoms with Gasteiger partial charge in [0.25, 0.3) is 5.91 Å². The zero-order valence-electron chi connectivity index (χ0n) is 11.1. The first-order chi connectivity index (χ1) is 9.92. The van der Waals surface area contributed by atoms with Gasteiger partial charge in [-0.15, -0.1) is 0 Å². The molecule has 1 aromatic carbocycles. The summed E-state index contributed by atoms with van der Waals surface area (Å²) in [5, 5.41) is 15.4. The number of rotatable bonds is 5. The molecular weight excluding hydrogens is 315 g/mol. The van der Waals surface area contributed by atoms with Crippen molar-refractivity contribution in [2.24, 2.45) is 5.10 Å². The molecule has 0 heterocycles. The number of halogens is 2. The number of hydrogen-bond donors (Lipinski definition) is 2. The zero-order valence-corrected chi connectivity index (χ0v) is 12.6. The lowest BCUT2D eigenvalue weighted by atomic mass is 10.2. The number of benzene rings is 1. The minimum absolute atomic E-state index is 0.0321. The Balaban J connectivity index is 2.57. The Labute approximate surface area is 131 Å². The molecule has 0 aliphatic carbocycles. The molecule has 0 spiro atoms. The van der Waals surface area contributed by atoms with Crippen molar-refractivity contribution in [1.29, 1.82) is 5.26 Å². The molecule has 0 radical (unpaired) electrons. The highest BCUT2D eigenvalue weighted by molar-refractivity contribution is 6.35. The van der Waals surface area contributed by atoms with E-state index in [4.69, 9.17) is 28.5 Å². The van der Waals surface area contributed by atoms with Gasteiger partial charge in [-0.1, -0.05) is 23.2 Å². The van der Waals surface area contributed by atoms with Gasteiger partial charge < -0.3 is 5.32 Å². The molecule has 0 saturated carbocycles. The second kappa shape index (κ2) is 8.25. The van der Waals surface area contributed by atoms with Crippen LogP contribution in [-0.2, 0) is 9.59 Å². The summed E-state index contributed by atoms with van der Waals surface area (Å²) in [5.41, 5.74) is 2.96. The van der Waals surface area contributed by atoms with Crippen LogP contribution in [0.15, 0.2) is 23.3 Å². The van der Waals surface area contributed by atoms with Gasteiger partial charge in [-0.25, -0.2) is 5.43 Å². The van der Waals surface area contributed by atoms with Crippen LogP contribution in [0.2, 0.25) is 10.0 Å². The molecule has 0 aliphatic heterocycles. The van der Waals surface area contributed by atoms with Crippen LogP contribution in [0, 0.1) is 11.3 Å². The minimum Gasteiger partial charge on any atom is -0.324 e. The average Bonchev–Trinajstić information content (AvgIpc) is 2.41. The average molecular weight is 327 g/mol. The van der Waals surface area contributed by atoms with E-state index in [2.05, 4.69) is 15.8 Å². The fourth-order valence-electron chi connectivity index (χ4n) is 1.33. The third kappa shape index (κ3) is 6.25. The molecule has 0 aliphatic rings. The molecule has 2 N–H and O–H groups in total. The summed E-state index contributed by atoms with van der Waals surface area (Å²) in [7, 11) is 0. The molecule has 0 unspecified atom stereocenters. The topological polar surface area (TPSA) is 94.3 Å². The summed E-state index contributed by atoms with van der Waals surface area (Å²) in [6.07, 6.45) is -0.323. The van der Waals surface area contributed by atoms with Crippen LogP contribution < -0.4 is 10.7 Å². The Morgan fingerprint density at radius 3 is 2.71 bits per heavy atom. The van der Waals surface area contributed by atoms with Crippen LogP contribution in [0.3, 0.4) is 0 Å². The lowest BCUT2D eigenvalue weighted by molar-refractivity contribution is -0.120. The van der Waals surface area contributed by atoms with E-state index in [0.717, 1.165) is 0 Å². The molecule has 0 bridgehead atoms. The number of nitrogens with one attached hydrogen (secondary N) is 2. The second-order valence-electron chi connectivity index (χ2n) is 4.07. The van der Waals surface area contributed by atoms with Crippen molar-refractivity contribution >= 4 is 46.4 Å². The molecule has 21 heavy (non-hydrogen) atoms. The van der Waals surface area contributed by atoms with Crippen molar-refractivity contribution in [3.05, 3.63) is 28.2 Å². The Hall–Kier alpha value is -2.10.